The predicted octanol–water partition coefficient (Wildman–Crippen LogP) is 2.02. The monoisotopic (exact) mass is 295 g/mol. The van der Waals surface area contributed by atoms with Gasteiger partial charge in [0.05, 0.1) is 29.9 Å². The van der Waals surface area contributed by atoms with Gasteiger partial charge in [-0.15, -0.1) is 5.10 Å². The van der Waals surface area contributed by atoms with Crippen molar-refractivity contribution in [2.45, 2.75) is 39.3 Å². The van der Waals surface area contributed by atoms with Gasteiger partial charge >= 0.3 is 0 Å². The number of hydrogen-bond donors (Lipinski definition) is 1. The molecule has 0 bridgehead atoms. The number of hydrogen-bond acceptors (Lipinski definition) is 6. The molecule has 2 aromatic heterocycles. The van der Waals surface area contributed by atoms with Crippen molar-refractivity contribution in [3.63, 3.8) is 0 Å². The summed E-state index contributed by atoms with van der Waals surface area (Å²) < 4.78 is 11.5. The third-order valence-electron chi connectivity index (χ3n) is 3.26. The molecule has 20 heavy (non-hydrogen) atoms. The van der Waals surface area contributed by atoms with Crippen LogP contribution < -0.4 is 10.1 Å². The van der Waals surface area contributed by atoms with Crippen LogP contribution in [0.5, 0.6) is 5.75 Å². The second-order valence-corrected chi connectivity index (χ2v) is 5.26. The summed E-state index contributed by atoms with van der Waals surface area (Å²) in [7, 11) is 3.61. The van der Waals surface area contributed by atoms with Crippen LogP contribution >= 0.6 is 11.5 Å². The molecule has 0 radical (unpaired) electrons. The van der Waals surface area contributed by atoms with Crippen molar-refractivity contribution in [2.24, 2.45) is 0 Å². The van der Waals surface area contributed by atoms with Crippen molar-refractivity contribution in [3.8, 4) is 5.75 Å². The van der Waals surface area contributed by atoms with Gasteiger partial charge in [0.2, 0.25) is 0 Å². The first-order valence-electron chi connectivity index (χ1n) is 6.84. The van der Waals surface area contributed by atoms with Gasteiger partial charge in [-0.3, -0.25) is 4.68 Å². The van der Waals surface area contributed by atoms with Crippen LogP contribution in [0.15, 0.2) is 6.20 Å². The van der Waals surface area contributed by atoms with E-state index in [0.717, 1.165) is 41.4 Å². The molecule has 0 saturated carbocycles. The molecule has 2 heterocycles. The van der Waals surface area contributed by atoms with E-state index in [4.69, 9.17) is 4.74 Å². The average molecular weight is 295 g/mol. The van der Waals surface area contributed by atoms with Crippen molar-refractivity contribution < 1.29 is 4.74 Å². The lowest BCUT2D eigenvalue weighted by atomic mass is 10.1. The Kier molecular flexibility index (Phi) is 5.08. The summed E-state index contributed by atoms with van der Waals surface area (Å²) in [6, 6.07) is 0.00829. The maximum Gasteiger partial charge on any atom is 0.161 e. The Morgan fingerprint density at radius 1 is 1.45 bits per heavy atom. The number of methoxy groups -OCH3 is 1. The van der Waals surface area contributed by atoms with Crippen molar-refractivity contribution in [2.75, 3.05) is 14.2 Å². The predicted molar refractivity (Wildman–Crippen MR) is 79.3 cm³/mol. The number of ether oxygens (including phenoxy) is 1. The van der Waals surface area contributed by atoms with Crippen molar-refractivity contribution in [1.29, 1.82) is 0 Å². The maximum atomic E-state index is 5.45. The molecule has 1 atom stereocenters. The standard InChI is InChI=1S/C13H21N5OS/c1-5-7-9-13(20-17-16-9)11(14-3)12-10(19-4)8-15-18(12)6-2/h8,11,14H,5-7H2,1-4H3. The summed E-state index contributed by atoms with van der Waals surface area (Å²) in [5.41, 5.74) is 2.09. The molecular weight excluding hydrogens is 274 g/mol. The zero-order valence-electron chi connectivity index (χ0n) is 12.4. The number of nitrogens with zero attached hydrogens (tertiary/aromatic N) is 4. The molecule has 110 valence electrons. The quantitative estimate of drug-likeness (QED) is 0.846. The molecule has 1 unspecified atom stereocenters. The largest absolute Gasteiger partial charge is 0.493 e. The van der Waals surface area contributed by atoms with Gasteiger partial charge in [0.15, 0.2) is 5.75 Å². The van der Waals surface area contributed by atoms with Gasteiger partial charge in [-0.05, 0) is 31.9 Å². The lowest BCUT2D eigenvalue weighted by Crippen LogP contribution is -2.22. The molecule has 0 saturated heterocycles. The first-order valence-corrected chi connectivity index (χ1v) is 7.62. The first kappa shape index (κ1) is 14.9. The fraction of sp³-hybridized carbons (Fsp3) is 0.615. The first-order chi connectivity index (χ1) is 9.76. The van der Waals surface area contributed by atoms with Gasteiger partial charge in [-0.1, -0.05) is 17.8 Å². The van der Waals surface area contributed by atoms with Crippen LogP contribution in [0.2, 0.25) is 0 Å². The molecule has 1 N–H and O–H groups in total. The van der Waals surface area contributed by atoms with Crippen LogP contribution in [0.4, 0.5) is 0 Å². The fourth-order valence-electron chi connectivity index (χ4n) is 2.32. The van der Waals surface area contributed by atoms with Crippen LogP contribution in [0.3, 0.4) is 0 Å². The molecule has 0 amide bonds. The van der Waals surface area contributed by atoms with Gasteiger partial charge in [0.25, 0.3) is 0 Å². The minimum atomic E-state index is 0.00829. The number of aryl methyl sites for hydroxylation is 2. The summed E-state index contributed by atoms with van der Waals surface area (Å²) in [6.45, 7) is 5.02. The van der Waals surface area contributed by atoms with Crippen LogP contribution in [0.25, 0.3) is 0 Å². The average Bonchev–Trinajstić information content (AvgIpc) is 3.08. The van der Waals surface area contributed by atoms with E-state index in [0.29, 0.717) is 0 Å². The second-order valence-electron chi connectivity index (χ2n) is 4.47. The van der Waals surface area contributed by atoms with E-state index in [-0.39, 0.29) is 6.04 Å². The molecule has 0 aliphatic heterocycles. The van der Waals surface area contributed by atoms with Gasteiger partial charge in [0, 0.05) is 6.54 Å². The highest BCUT2D eigenvalue weighted by Crippen LogP contribution is 2.33. The smallest absolute Gasteiger partial charge is 0.161 e. The lowest BCUT2D eigenvalue weighted by Gasteiger charge is -2.18. The molecule has 2 rings (SSSR count). The van der Waals surface area contributed by atoms with E-state index >= 15 is 0 Å². The van der Waals surface area contributed by atoms with Crippen LogP contribution in [0, 0.1) is 0 Å². The van der Waals surface area contributed by atoms with Gasteiger partial charge in [-0.25, -0.2) is 0 Å². The molecule has 2 aromatic rings. The fourth-order valence-corrected chi connectivity index (χ4v) is 3.13. The van der Waals surface area contributed by atoms with E-state index in [2.05, 4.69) is 33.8 Å². The van der Waals surface area contributed by atoms with Crippen molar-refractivity contribution >= 4 is 11.5 Å². The zero-order chi connectivity index (χ0) is 14.5. The molecule has 0 spiro atoms. The summed E-state index contributed by atoms with van der Waals surface area (Å²) in [4.78, 5) is 1.14. The zero-order valence-corrected chi connectivity index (χ0v) is 13.2. The summed E-state index contributed by atoms with van der Waals surface area (Å²) in [5.74, 6) is 0.794. The molecular formula is C13H21N5OS. The number of nitrogens with one attached hydrogen (secondary N) is 1. The minimum Gasteiger partial charge on any atom is -0.493 e. The van der Waals surface area contributed by atoms with E-state index in [1.165, 1.54) is 11.5 Å². The second kappa shape index (κ2) is 6.81. The Morgan fingerprint density at radius 2 is 2.25 bits per heavy atom. The highest BCUT2D eigenvalue weighted by atomic mass is 32.1. The van der Waals surface area contributed by atoms with Crippen LogP contribution in [0.1, 0.15) is 42.6 Å². The number of rotatable bonds is 7. The van der Waals surface area contributed by atoms with Crippen LogP contribution in [-0.4, -0.2) is 33.5 Å². The molecule has 0 aromatic carbocycles. The number of aromatic nitrogens is 4. The Hall–Kier alpha value is -1.47. The molecule has 0 aliphatic rings. The maximum absolute atomic E-state index is 5.45. The molecule has 6 nitrogen and oxygen atoms in total. The summed E-state index contributed by atoms with van der Waals surface area (Å²) in [6.07, 6.45) is 3.75. The highest BCUT2D eigenvalue weighted by molar-refractivity contribution is 7.05. The van der Waals surface area contributed by atoms with E-state index in [9.17, 15) is 0 Å². The topological polar surface area (TPSA) is 64.9 Å². The van der Waals surface area contributed by atoms with Crippen molar-refractivity contribution in [1.82, 2.24) is 24.7 Å². The van der Waals surface area contributed by atoms with E-state index in [1.807, 2.05) is 11.7 Å². The Bertz CT molecular complexity index is 529. The highest BCUT2D eigenvalue weighted by Gasteiger charge is 2.26. The molecule has 0 aliphatic carbocycles. The normalized spacial score (nSPS) is 12.6. The molecule has 0 fully saturated rings. The third-order valence-corrected chi connectivity index (χ3v) is 4.09. The van der Waals surface area contributed by atoms with Crippen molar-refractivity contribution in [3.05, 3.63) is 22.5 Å². The SMILES string of the molecule is CCCc1nnsc1C(NC)c1c(OC)cnn1CC. The Balaban J connectivity index is 2.46. The van der Waals surface area contributed by atoms with E-state index < -0.39 is 0 Å². The summed E-state index contributed by atoms with van der Waals surface area (Å²) in [5, 5.41) is 12.0. The van der Waals surface area contributed by atoms with E-state index in [1.54, 1.807) is 13.3 Å². The minimum absolute atomic E-state index is 0.00829. The Morgan fingerprint density at radius 3 is 2.85 bits per heavy atom. The summed E-state index contributed by atoms with van der Waals surface area (Å²) >= 11 is 1.44. The van der Waals surface area contributed by atoms with Gasteiger partial charge in [0.1, 0.15) is 5.69 Å². The van der Waals surface area contributed by atoms with Gasteiger partial charge < -0.3 is 10.1 Å². The Labute approximate surface area is 123 Å². The van der Waals surface area contributed by atoms with Crippen LogP contribution in [-0.2, 0) is 13.0 Å². The van der Waals surface area contributed by atoms with Gasteiger partial charge in [-0.2, -0.15) is 5.10 Å². The molecule has 7 heteroatoms. The lowest BCUT2D eigenvalue weighted by molar-refractivity contribution is 0.401. The third kappa shape index (κ3) is 2.69.